The molecule has 1 aliphatic rings. The molecule has 0 spiro atoms. The van der Waals surface area contributed by atoms with Gasteiger partial charge in [0.25, 0.3) is 5.92 Å². The van der Waals surface area contributed by atoms with E-state index in [1.807, 2.05) is 0 Å². The van der Waals surface area contributed by atoms with Gasteiger partial charge in [0.15, 0.2) is 0 Å². The van der Waals surface area contributed by atoms with Gasteiger partial charge in [0.1, 0.15) is 6.04 Å². The molecule has 1 fully saturated rings. The Labute approximate surface area is 65.9 Å². The molecular weight excluding hydrogens is 181 g/mol. The highest BCUT2D eigenvalue weighted by Gasteiger charge is 2.46. The lowest BCUT2D eigenvalue weighted by Gasteiger charge is -2.30. The van der Waals surface area contributed by atoms with Crippen molar-refractivity contribution in [2.45, 2.75) is 31.0 Å². The fourth-order valence-electron chi connectivity index (χ4n) is 1.10. The maximum atomic E-state index is 12.3. The van der Waals surface area contributed by atoms with Crippen LogP contribution in [0.3, 0.4) is 0 Å². The van der Waals surface area contributed by atoms with Crippen molar-refractivity contribution in [3.63, 3.8) is 0 Å². The monoisotopic (exact) mass is 189 g/mol. The summed E-state index contributed by atoms with van der Waals surface area (Å²) in [6.45, 7) is -0.878. The van der Waals surface area contributed by atoms with Gasteiger partial charge in [-0.15, -0.1) is 0 Å². The van der Waals surface area contributed by atoms with Crippen LogP contribution in [0.2, 0.25) is 0 Å². The van der Waals surface area contributed by atoms with Crippen LogP contribution in [0.1, 0.15) is 12.8 Å². The van der Waals surface area contributed by atoms with Crippen LogP contribution in [0.5, 0.6) is 0 Å². The summed E-state index contributed by atoms with van der Waals surface area (Å²) in [4.78, 5) is 0. The van der Waals surface area contributed by atoms with Crippen molar-refractivity contribution in [3.05, 3.63) is 0 Å². The third kappa shape index (κ3) is 2.30. The first kappa shape index (κ1) is 9.70. The van der Waals surface area contributed by atoms with Crippen LogP contribution in [0.15, 0.2) is 0 Å². The Kier molecular flexibility index (Phi) is 2.29. The molecule has 0 aromatic heterocycles. The molecule has 72 valence electrons. The van der Waals surface area contributed by atoms with Crippen molar-refractivity contribution < 1.29 is 22.0 Å². The Morgan fingerprint density at radius 2 is 1.83 bits per heavy atom. The third-order valence-electron chi connectivity index (χ3n) is 1.80. The van der Waals surface area contributed by atoms with Crippen LogP contribution in [0.25, 0.3) is 0 Å². The maximum Gasteiger partial charge on any atom is 0.403 e. The quantitative estimate of drug-likeness (QED) is 0.574. The van der Waals surface area contributed by atoms with Gasteiger partial charge in [-0.2, -0.15) is 13.2 Å². The van der Waals surface area contributed by atoms with Crippen molar-refractivity contribution in [2.24, 2.45) is 0 Å². The molecule has 12 heavy (non-hydrogen) atoms. The Morgan fingerprint density at radius 3 is 2.17 bits per heavy atom. The van der Waals surface area contributed by atoms with Gasteiger partial charge in [0, 0.05) is 6.42 Å². The first-order valence-corrected chi connectivity index (χ1v) is 3.49. The molecule has 1 unspecified atom stereocenters. The van der Waals surface area contributed by atoms with Crippen molar-refractivity contribution in [3.8, 4) is 0 Å². The van der Waals surface area contributed by atoms with E-state index in [1.54, 1.807) is 5.32 Å². The Morgan fingerprint density at radius 1 is 1.25 bits per heavy atom. The van der Waals surface area contributed by atoms with Gasteiger partial charge < -0.3 is 5.32 Å². The maximum absolute atomic E-state index is 12.3. The summed E-state index contributed by atoms with van der Waals surface area (Å²) in [7, 11) is 0. The first-order valence-electron chi connectivity index (χ1n) is 3.49. The van der Waals surface area contributed by atoms with Gasteiger partial charge in [0.05, 0.1) is 6.54 Å². The average molecular weight is 189 g/mol. The largest absolute Gasteiger partial charge is 0.403 e. The van der Waals surface area contributed by atoms with E-state index in [1.165, 1.54) is 0 Å². The highest BCUT2D eigenvalue weighted by molar-refractivity contribution is 4.86. The summed E-state index contributed by atoms with van der Waals surface area (Å²) < 4.78 is 60.3. The van der Waals surface area contributed by atoms with E-state index in [4.69, 9.17) is 0 Å². The number of hydrogen-bond donors (Lipinski definition) is 1. The molecule has 1 rings (SSSR count). The molecule has 1 saturated heterocycles. The number of halogens is 5. The predicted molar refractivity (Wildman–Crippen MR) is 32.0 cm³/mol. The zero-order valence-electron chi connectivity index (χ0n) is 6.09. The van der Waals surface area contributed by atoms with E-state index >= 15 is 0 Å². The van der Waals surface area contributed by atoms with E-state index in [2.05, 4.69) is 0 Å². The van der Waals surface area contributed by atoms with Gasteiger partial charge >= 0.3 is 6.18 Å². The minimum Gasteiger partial charge on any atom is -0.300 e. The average Bonchev–Trinajstić information content (AvgIpc) is 1.83. The Balaban J connectivity index is 2.47. The van der Waals surface area contributed by atoms with Crippen molar-refractivity contribution >= 4 is 0 Å². The van der Waals surface area contributed by atoms with Crippen LogP contribution in [0, 0.1) is 0 Å². The highest BCUT2D eigenvalue weighted by atomic mass is 19.4. The van der Waals surface area contributed by atoms with E-state index in [0.717, 1.165) is 0 Å². The molecule has 1 heterocycles. The zero-order chi connectivity index (χ0) is 9.41. The molecule has 0 saturated carbocycles. The predicted octanol–water partition coefficient (Wildman–Crippen LogP) is 1.94. The molecular formula is C6H8F5N. The fraction of sp³-hybridized carbons (Fsp3) is 1.00. The van der Waals surface area contributed by atoms with Gasteiger partial charge in [0.2, 0.25) is 0 Å². The Hall–Kier alpha value is -0.390. The molecule has 6 heteroatoms. The normalized spacial score (nSPS) is 30.2. The number of nitrogens with one attached hydrogen (secondary N) is 1. The minimum atomic E-state index is -4.41. The highest BCUT2D eigenvalue weighted by Crippen LogP contribution is 2.31. The molecule has 0 amide bonds. The summed E-state index contributed by atoms with van der Waals surface area (Å²) in [6.07, 6.45) is -5.64. The standard InChI is InChI=1S/C6H8F5N/c7-5(8)2-1-4(12-3-5)6(9,10)11/h4,12H,1-3H2. The summed E-state index contributed by atoms with van der Waals surface area (Å²) in [6, 6.07) is -1.77. The second-order valence-electron chi connectivity index (χ2n) is 2.87. The van der Waals surface area contributed by atoms with Crippen LogP contribution >= 0.6 is 0 Å². The molecule has 1 aliphatic heterocycles. The van der Waals surface area contributed by atoms with Gasteiger partial charge in [-0.3, -0.25) is 0 Å². The van der Waals surface area contributed by atoms with Crippen molar-refractivity contribution in [1.82, 2.24) is 5.32 Å². The smallest absolute Gasteiger partial charge is 0.300 e. The Bertz CT molecular complexity index is 154. The molecule has 0 radical (unpaired) electrons. The van der Waals surface area contributed by atoms with Gasteiger partial charge in [-0.25, -0.2) is 8.78 Å². The molecule has 1 atom stereocenters. The van der Waals surface area contributed by atoms with E-state index in [-0.39, 0.29) is 0 Å². The zero-order valence-corrected chi connectivity index (χ0v) is 6.09. The second kappa shape index (κ2) is 2.83. The molecule has 0 aromatic carbocycles. The van der Waals surface area contributed by atoms with Crippen LogP contribution in [0.4, 0.5) is 22.0 Å². The van der Waals surface area contributed by atoms with Gasteiger partial charge in [-0.05, 0) is 6.42 Å². The topological polar surface area (TPSA) is 12.0 Å². The molecule has 1 nitrogen and oxygen atoms in total. The lowest BCUT2D eigenvalue weighted by Crippen LogP contribution is -2.51. The number of piperidine rings is 1. The molecule has 0 aromatic rings. The number of alkyl halides is 5. The van der Waals surface area contributed by atoms with Crippen LogP contribution in [-0.2, 0) is 0 Å². The summed E-state index contributed by atoms with van der Waals surface area (Å²) >= 11 is 0. The molecule has 1 N–H and O–H groups in total. The SMILES string of the molecule is FC1(F)CCC(C(F)(F)F)NC1. The number of rotatable bonds is 0. The van der Waals surface area contributed by atoms with E-state index in [0.29, 0.717) is 0 Å². The van der Waals surface area contributed by atoms with Crippen LogP contribution < -0.4 is 5.32 Å². The summed E-state index contributed by atoms with van der Waals surface area (Å²) in [5.74, 6) is -2.98. The summed E-state index contributed by atoms with van der Waals surface area (Å²) in [5.41, 5.74) is 0. The lowest BCUT2D eigenvalue weighted by atomic mass is 10.0. The van der Waals surface area contributed by atoms with E-state index in [9.17, 15) is 22.0 Å². The third-order valence-corrected chi connectivity index (χ3v) is 1.80. The van der Waals surface area contributed by atoms with Crippen molar-refractivity contribution in [1.29, 1.82) is 0 Å². The van der Waals surface area contributed by atoms with Gasteiger partial charge in [-0.1, -0.05) is 0 Å². The summed E-state index contributed by atoms with van der Waals surface area (Å²) in [5, 5.41) is 1.77. The second-order valence-corrected chi connectivity index (χ2v) is 2.87. The molecule has 0 bridgehead atoms. The minimum absolute atomic E-state index is 0.545. The fourth-order valence-corrected chi connectivity index (χ4v) is 1.10. The lowest BCUT2D eigenvalue weighted by molar-refractivity contribution is -0.173. The number of hydrogen-bond acceptors (Lipinski definition) is 1. The van der Waals surface area contributed by atoms with E-state index < -0.39 is 37.5 Å². The van der Waals surface area contributed by atoms with Crippen LogP contribution in [-0.4, -0.2) is 24.7 Å². The van der Waals surface area contributed by atoms with Crippen molar-refractivity contribution in [2.75, 3.05) is 6.54 Å². The molecule has 0 aliphatic carbocycles. The first-order chi connectivity index (χ1) is 5.31.